The first-order chi connectivity index (χ1) is 5.70. The fourth-order valence-corrected chi connectivity index (χ4v) is 1.72. The van der Waals surface area contributed by atoms with Crippen LogP contribution >= 0.6 is 11.8 Å². The van der Waals surface area contributed by atoms with Crippen molar-refractivity contribution in [2.24, 2.45) is 0 Å². The van der Waals surface area contributed by atoms with Crippen molar-refractivity contribution in [2.45, 2.75) is 18.6 Å². The quantitative estimate of drug-likeness (QED) is 0.553. The molecule has 0 amide bonds. The molecule has 3 nitrogen and oxygen atoms in total. The molecule has 0 aromatic carbocycles. The van der Waals surface area contributed by atoms with Gasteiger partial charge in [0.15, 0.2) is 11.8 Å². The molecule has 1 radical (unpaired) electrons. The first kappa shape index (κ1) is 9.38. The lowest BCUT2D eigenvalue weighted by molar-refractivity contribution is 0.408. The molecule has 1 rings (SSSR count). The van der Waals surface area contributed by atoms with Gasteiger partial charge in [0.25, 0.3) is 7.41 Å². The van der Waals surface area contributed by atoms with Gasteiger partial charge in [0.1, 0.15) is 0 Å². The fraction of sp³-hybridized carbons (Fsp3) is 0.429. The topological polar surface area (TPSA) is 45.4 Å². The molecule has 0 aliphatic heterocycles. The second-order valence-electron chi connectivity index (χ2n) is 2.25. The van der Waals surface area contributed by atoms with Gasteiger partial charge in [0.05, 0.1) is 4.90 Å². The van der Waals surface area contributed by atoms with E-state index >= 15 is 0 Å². The number of nitrogens with zero attached hydrogens (tertiary/aromatic N) is 1. The van der Waals surface area contributed by atoms with E-state index in [1.54, 1.807) is 20.3 Å². The largest absolute Gasteiger partial charge is 0.495 e. The normalized spacial score (nSPS) is 10.2. The standard InChI is InChI=1S/C7H11BNO2S/c1-3-12-5-4-6(10)9(8-2)7(5)11/h4,10-11H,3H2,1-2H3. The van der Waals surface area contributed by atoms with E-state index in [1.807, 2.05) is 6.92 Å². The summed E-state index contributed by atoms with van der Waals surface area (Å²) < 4.78 is 1.35. The van der Waals surface area contributed by atoms with Gasteiger partial charge >= 0.3 is 0 Å². The Morgan fingerprint density at radius 2 is 2.25 bits per heavy atom. The summed E-state index contributed by atoms with van der Waals surface area (Å²) in [4.78, 5) is 0.716. The Bertz CT molecular complexity index is 275. The molecule has 1 aromatic heterocycles. The van der Waals surface area contributed by atoms with Gasteiger partial charge in [-0.2, -0.15) is 0 Å². The highest BCUT2D eigenvalue weighted by atomic mass is 32.2. The molecule has 1 aromatic rings. The highest BCUT2D eigenvalue weighted by Gasteiger charge is 2.11. The Kier molecular flexibility index (Phi) is 2.97. The van der Waals surface area contributed by atoms with E-state index in [0.29, 0.717) is 4.90 Å². The van der Waals surface area contributed by atoms with Gasteiger partial charge in [-0.15, -0.1) is 11.8 Å². The van der Waals surface area contributed by atoms with Crippen molar-refractivity contribution in [3.63, 3.8) is 0 Å². The number of aromatic hydroxyl groups is 2. The lowest BCUT2D eigenvalue weighted by Gasteiger charge is -2.00. The molecule has 65 valence electrons. The van der Waals surface area contributed by atoms with Gasteiger partial charge in [-0.1, -0.05) is 13.7 Å². The Morgan fingerprint density at radius 1 is 1.58 bits per heavy atom. The lowest BCUT2D eigenvalue weighted by Crippen LogP contribution is -1.98. The minimum atomic E-state index is 0.0750. The molecule has 0 saturated heterocycles. The molecular weight excluding hydrogens is 173 g/mol. The molecular formula is C7H11BNO2S. The van der Waals surface area contributed by atoms with Crippen molar-refractivity contribution < 1.29 is 10.2 Å². The van der Waals surface area contributed by atoms with Gasteiger partial charge in [-0.05, 0) is 5.75 Å². The van der Waals surface area contributed by atoms with E-state index in [9.17, 15) is 10.2 Å². The van der Waals surface area contributed by atoms with Crippen molar-refractivity contribution in [3.8, 4) is 11.8 Å². The molecule has 5 heteroatoms. The van der Waals surface area contributed by atoms with Gasteiger partial charge in [-0.25, -0.2) is 0 Å². The van der Waals surface area contributed by atoms with Crippen LogP contribution in [0.3, 0.4) is 0 Å². The SMILES string of the molecule is C[B]n1c(O)cc(SCC)c1O. The third kappa shape index (κ3) is 1.55. The highest BCUT2D eigenvalue weighted by molar-refractivity contribution is 7.99. The van der Waals surface area contributed by atoms with Crippen LogP contribution in [-0.4, -0.2) is 27.9 Å². The van der Waals surface area contributed by atoms with Gasteiger partial charge < -0.3 is 14.7 Å². The van der Waals surface area contributed by atoms with E-state index in [0.717, 1.165) is 5.75 Å². The van der Waals surface area contributed by atoms with Crippen LogP contribution in [0.15, 0.2) is 11.0 Å². The number of hydrogen-bond donors (Lipinski definition) is 2. The zero-order valence-corrected chi connectivity index (χ0v) is 7.93. The third-order valence-corrected chi connectivity index (χ3v) is 2.41. The first-order valence-electron chi connectivity index (χ1n) is 3.76. The molecule has 0 bridgehead atoms. The van der Waals surface area contributed by atoms with E-state index in [1.165, 1.54) is 16.2 Å². The minimum absolute atomic E-state index is 0.0750. The smallest absolute Gasteiger partial charge is 0.257 e. The van der Waals surface area contributed by atoms with Crippen molar-refractivity contribution in [1.82, 2.24) is 4.48 Å². The fourth-order valence-electron chi connectivity index (χ4n) is 0.995. The second-order valence-corrected chi connectivity index (χ2v) is 3.56. The summed E-state index contributed by atoms with van der Waals surface area (Å²) >= 11 is 1.50. The van der Waals surface area contributed by atoms with E-state index in [-0.39, 0.29) is 11.8 Å². The predicted octanol–water partition coefficient (Wildman–Crippen LogP) is 1.53. The van der Waals surface area contributed by atoms with Crippen LogP contribution in [0, 0.1) is 0 Å². The van der Waals surface area contributed by atoms with Crippen LogP contribution < -0.4 is 0 Å². The van der Waals surface area contributed by atoms with Gasteiger partial charge in [0, 0.05) is 6.07 Å². The Labute approximate surface area is 76.7 Å². The van der Waals surface area contributed by atoms with E-state index < -0.39 is 0 Å². The predicted molar refractivity (Wildman–Crippen MR) is 51.2 cm³/mol. The van der Waals surface area contributed by atoms with E-state index in [2.05, 4.69) is 0 Å². The number of thioether (sulfide) groups is 1. The molecule has 0 aliphatic carbocycles. The summed E-state index contributed by atoms with van der Waals surface area (Å²) in [6.07, 6.45) is 0. The number of rotatable bonds is 3. The third-order valence-electron chi connectivity index (χ3n) is 1.51. The van der Waals surface area contributed by atoms with Gasteiger partial charge in [-0.3, -0.25) is 0 Å². The molecule has 0 fully saturated rings. The van der Waals surface area contributed by atoms with Crippen molar-refractivity contribution in [2.75, 3.05) is 5.75 Å². The molecule has 1 heterocycles. The lowest BCUT2D eigenvalue weighted by atomic mass is 10.0. The van der Waals surface area contributed by atoms with Crippen LogP contribution in [0.4, 0.5) is 0 Å². The summed E-state index contributed by atoms with van der Waals surface area (Å²) in [5, 5.41) is 18.8. The maximum absolute atomic E-state index is 9.49. The monoisotopic (exact) mass is 184 g/mol. The minimum Gasteiger partial charge on any atom is -0.495 e. The van der Waals surface area contributed by atoms with Crippen LogP contribution in [0.5, 0.6) is 11.8 Å². The molecule has 12 heavy (non-hydrogen) atoms. The molecule has 0 unspecified atom stereocenters. The van der Waals surface area contributed by atoms with Crippen LogP contribution in [0.1, 0.15) is 6.92 Å². The maximum Gasteiger partial charge on any atom is 0.257 e. The Hall–Kier alpha value is -0.705. The number of hydrogen-bond acceptors (Lipinski definition) is 3. The van der Waals surface area contributed by atoms with Crippen molar-refractivity contribution in [1.29, 1.82) is 0 Å². The molecule has 0 atom stereocenters. The maximum atomic E-state index is 9.49. The van der Waals surface area contributed by atoms with Crippen molar-refractivity contribution in [3.05, 3.63) is 6.07 Å². The molecule has 0 saturated carbocycles. The average Bonchev–Trinajstić information content (AvgIpc) is 2.29. The van der Waals surface area contributed by atoms with Crippen LogP contribution in [0.25, 0.3) is 0 Å². The first-order valence-corrected chi connectivity index (χ1v) is 4.74. The molecule has 0 aliphatic rings. The Balaban J connectivity index is 3.00. The summed E-state index contributed by atoms with van der Waals surface area (Å²) in [7, 11) is 1.62. The number of aromatic nitrogens is 1. The Morgan fingerprint density at radius 3 is 2.67 bits per heavy atom. The molecule has 2 N–H and O–H groups in total. The summed E-state index contributed by atoms with van der Waals surface area (Å²) in [6.45, 7) is 3.74. The summed E-state index contributed by atoms with van der Waals surface area (Å²) in [5.41, 5.74) is 0. The zero-order chi connectivity index (χ0) is 9.14. The van der Waals surface area contributed by atoms with E-state index in [4.69, 9.17) is 0 Å². The van der Waals surface area contributed by atoms with Crippen LogP contribution in [-0.2, 0) is 0 Å². The molecule has 0 spiro atoms. The van der Waals surface area contributed by atoms with Gasteiger partial charge in [0.2, 0.25) is 0 Å². The van der Waals surface area contributed by atoms with Crippen molar-refractivity contribution >= 4 is 19.2 Å². The highest BCUT2D eigenvalue weighted by Crippen LogP contribution is 2.34. The van der Waals surface area contributed by atoms with Crippen LogP contribution in [0.2, 0.25) is 6.82 Å². The summed E-state index contributed by atoms with van der Waals surface area (Å²) in [5.74, 6) is 1.06. The second kappa shape index (κ2) is 3.80. The average molecular weight is 184 g/mol. The zero-order valence-electron chi connectivity index (χ0n) is 7.11. The summed E-state index contributed by atoms with van der Waals surface area (Å²) in [6, 6.07) is 1.56.